The van der Waals surface area contributed by atoms with E-state index in [-0.39, 0.29) is 12.5 Å². The SMILES string of the molecule is COC(=O)NCCCOCCOCCOCCCNC(=O)COCC(=O)O. The zero-order valence-corrected chi connectivity index (χ0v) is 15.7. The fourth-order valence-corrected chi connectivity index (χ4v) is 1.66. The predicted molar refractivity (Wildman–Crippen MR) is 93.6 cm³/mol. The normalized spacial score (nSPS) is 10.4. The number of aliphatic carboxylic acids is 1. The standard InChI is InChI=1S/C16H30N2O9/c1-23-16(22)18-5-3-7-25-9-11-26-10-8-24-6-2-4-17-14(19)12-27-13-15(20)21/h2-13H2,1H3,(H,17,19)(H,18,22)(H,20,21). The van der Waals surface area contributed by atoms with Crippen molar-refractivity contribution in [3.05, 3.63) is 0 Å². The Bertz CT molecular complexity index is 407. The number of carbonyl (C=O) groups is 3. The molecule has 0 aromatic carbocycles. The number of ether oxygens (including phenoxy) is 5. The Labute approximate surface area is 158 Å². The molecule has 11 heteroatoms. The van der Waals surface area contributed by atoms with Gasteiger partial charge in [0.1, 0.15) is 13.2 Å². The van der Waals surface area contributed by atoms with Gasteiger partial charge in [-0.15, -0.1) is 0 Å². The summed E-state index contributed by atoms with van der Waals surface area (Å²) < 4.78 is 25.1. The van der Waals surface area contributed by atoms with Gasteiger partial charge >= 0.3 is 12.1 Å². The number of alkyl carbamates (subject to hydrolysis) is 1. The molecule has 0 heterocycles. The summed E-state index contributed by atoms with van der Waals surface area (Å²) >= 11 is 0. The van der Waals surface area contributed by atoms with Gasteiger partial charge in [0.25, 0.3) is 0 Å². The molecule has 27 heavy (non-hydrogen) atoms. The molecular weight excluding hydrogens is 364 g/mol. The summed E-state index contributed by atoms with van der Waals surface area (Å²) in [7, 11) is 1.31. The molecule has 3 N–H and O–H groups in total. The van der Waals surface area contributed by atoms with E-state index in [1.165, 1.54) is 7.11 Å². The van der Waals surface area contributed by atoms with E-state index in [4.69, 9.17) is 19.3 Å². The molecule has 158 valence electrons. The van der Waals surface area contributed by atoms with E-state index in [1.54, 1.807) is 0 Å². The Balaban J connectivity index is 3.15. The molecule has 2 amide bonds. The molecule has 0 bridgehead atoms. The zero-order chi connectivity index (χ0) is 20.2. The third kappa shape index (κ3) is 20.2. The summed E-state index contributed by atoms with van der Waals surface area (Å²) in [5.41, 5.74) is 0. The van der Waals surface area contributed by atoms with Gasteiger partial charge in [0.2, 0.25) is 5.91 Å². The minimum Gasteiger partial charge on any atom is -0.480 e. The molecule has 0 rings (SSSR count). The van der Waals surface area contributed by atoms with Gasteiger partial charge < -0.3 is 39.4 Å². The Morgan fingerprint density at radius 1 is 0.741 bits per heavy atom. The maximum atomic E-state index is 11.3. The first-order valence-corrected chi connectivity index (χ1v) is 8.67. The van der Waals surface area contributed by atoms with E-state index >= 15 is 0 Å². The van der Waals surface area contributed by atoms with Crippen LogP contribution in [0.15, 0.2) is 0 Å². The van der Waals surface area contributed by atoms with Crippen LogP contribution in [0.2, 0.25) is 0 Å². The zero-order valence-electron chi connectivity index (χ0n) is 15.7. The largest absolute Gasteiger partial charge is 0.480 e. The second-order valence-corrected chi connectivity index (χ2v) is 5.20. The quantitative estimate of drug-likeness (QED) is 0.260. The lowest BCUT2D eigenvalue weighted by molar-refractivity contribution is -0.143. The maximum Gasteiger partial charge on any atom is 0.406 e. The van der Waals surface area contributed by atoms with Crippen molar-refractivity contribution in [3.63, 3.8) is 0 Å². The van der Waals surface area contributed by atoms with E-state index in [1.807, 2.05) is 0 Å². The number of amides is 2. The molecule has 0 spiro atoms. The smallest absolute Gasteiger partial charge is 0.406 e. The minimum absolute atomic E-state index is 0.273. The second kappa shape index (κ2) is 18.8. The van der Waals surface area contributed by atoms with E-state index < -0.39 is 18.7 Å². The summed E-state index contributed by atoms with van der Waals surface area (Å²) in [6.45, 7) is 2.97. The van der Waals surface area contributed by atoms with Gasteiger partial charge in [0.05, 0.1) is 33.5 Å². The molecular formula is C16H30N2O9. The van der Waals surface area contributed by atoms with Crippen LogP contribution in [-0.2, 0) is 33.3 Å². The van der Waals surface area contributed by atoms with Crippen molar-refractivity contribution in [1.29, 1.82) is 0 Å². The Kier molecular flexibility index (Phi) is 17.5. The summed E-state index contributed by atoms with van der Waals surface area (Å²) in [6, 6.07) is 0. The second-order valence-electron chi connectivity index (χ2n) is 5.20. The van der Waals surface area contributed by atoms with Crippen molar-refractivity contribution in [2.24, 2.45) is 0 Å². The molecule has 0 aromatic heterocycles. The third-order valence-electron chi connectivity index (χ3n) is 2.91. The lowest BCUT2D eigenvalue weighted by atomic mass is 10.4. The van der Waals surface area contributed by atoms with E-state index in [0.29, 0.717) is 65.6 Å². The van der Waals surface area contributed by atoms with Crippen LogP contribution >= 0.6 is 0 Å². The number of hydrogen-bond donors (Lipinski definition) is 3. The van der Waals surface area contributed by atoms with Crippen LogP contribution in [0.4, 0.5) is 4.79 Å². The Hall–Kier alpha value is -1.95. The average molecular weight is 394 g/mol. The number of carbonyl (C=O) groups excluding carboxylic acids is 2. The highest BCUT2D eigenvalue weighted by Crippen LogP contribution is 1.86. The van der Waals surface area contributed by atoms with Crippen molar-refractivity contribution in [2.45, 2.75) is 12.8 Å². The summed E-state index contributed by atoms with van der Waals surface area (Å²) in [5, 5.41) is 13.5. The van der Waals surface area contributed by atoms with Gasteiger partial charge in [-0.25, -0.2) is 9.59 Å². The monoisotopic (exact) mass is 394 g/mol. The fourth-order valence-electron chi connectivity index (χ4n) is 1.66. The molecule has 0 aliphatic heterocycles. The number of nitrogens with one attached hydrogen (secondary N) is 2. The van der Waals surface area contributed by atoms with Crippen LogP contribution in [0, 0.1) is 0 Å². The number of carboxylic acid groups (broad SMARTS) is 1. The molecule has 0 aromatic rings. The van der Waals surface area contributed by atoms with E-state index in [2.05, 4.69) is 20.1 Å². The van der Waals surface area contributed by atoms with Crippen LogP contribution in [0.5, 0.6) is 0 Å². The first-order chi connectivity index (χ1) is 13.1. The van der Waals surface area contributed by atoms with Crippen LogP contribution in [0.1, 0.15) is 12.8 Å². The van der Waals surface area contributed by atoms with Crippen molar-refractivity contribution >= 4 is 18.0 Å². The van der Waals surface area contributed by atoms with Crippen LogP contribution in [0.25, 0.3) is 0 Å². The van der Waals surface area contributed by atoms with Crippen molar-refractivity contribution < 1.29 is 43.2 Å². The van der Waals surface area contributed by atoms with Gasteiger partial charge in [-0.3, -0.25) is 4.79 Å². The highest BCUT2D eigenvalue weighted by atomic mass is 16.5. The molecule has 0 aliphatic carbocycles. The lowest BCUT2D eigenvalue weighted by Gasteiger charge is -2.08. The molecule has 0 saturated carbocycles. The van der Waals surface area contributed by atoms with Gasteiger partial charge in [-0.1, -0.05) is 0 Å². The fraction of sp³-hybridized carbons (Fsp3) is 0.812. The number of carboxylic acids is 1. The molecule has 0 aliphatic rings. The molecule has 0 fully saturated rings. The molecule has 0 saturated heterocycles. The summed E-state index contributed by atoms with van der Waals surface area (Å²) in [4.78, 5) is 32.2. The lowest BCUT2D eigenvalue weighted by Crippen LogP contribution is -2.30. The van der Waals surface area contributed by atoms with Gasteiger partial charge in [0.15, 0.2) is 0 Å². The molecule has 0 radical (unpaired) electrons. The van der Waals surface area contributed by atoms with Crippen molar-refractivity contribution in [3.8, 4) is 0 Å². The van der Waals surface area contributed by atoms with Crippen molar-refractivity contribution in [1.82, 2.24) is 10.6 Å². The predicted octanol–water partition coefficient (Wildman–Crippen LogP) is -0.610. The van der Waals surface area contributed by atoms with Gasteiger partial charge in [-0.2, -0.15) is 0 Å². The topological polar surface area (TPSA) is 142 Å². The average Bonchev–Trinajstić information content (AvgIpc) is 2.64. The highest BCUT2D eigenvalue weighted by Gasteiger charge is 2.03. The minimum atomic E-state index is -1.11. The van der Waals surface area contributed by atoms with Crippen LogP contribution < -0.4 is 10.6 Å². The first-order valence-electron chi connectivity index (χ1n) is 8.67. The number of methoxy groups -OCH3 is 1. The molecule has 0 unspecified atom stereocenters. The van der Waals surface area contributed by atoms with Crippen LogP contribution in [-0.4, -0.2) is 96.1 Å². The highest BCUT2D eigenvalue weighted by molar-refractivity contribution is 5.77. The van der Waals surface area contributed by atoms with Gasteiger partial charge in [-0.05, 0) is 12.8 Å². The first kappa shape index (κ1) is 25.1. The van der Waals surface area contributed by atoms with Gasteiger partial charge in [0, 0.05) is 26.3 Å². The molecule has 11 nitrogen and oxygen atoms in total. The third-order valence-corrected chi connectivity index (χ3v) is 2.91. The van der Waals surface area contributed by atoms with E-state index in [9.17, 15) is 14.4 Å². The maximum absolute atomic E-state index is 11.3. The van der Waals surface area contributed by atoms with Crippen molar-refractivity contribution in [2.75, 3.05) is 73.1 Å². The number of hydrogen-bond acceptors (Lipinski definition) is 8. The molecule has 0 atom stereocenters. The van der Waals surface area contributed by atoms with Crippen LogP contribution in [0.3, 0.4) is 0 Å². The Morgan fingerprint density at radius 3 is 1.78 bits per heavy atom. The number of rotatable bonds is 18. The summed E-state index contributed by atoms with van der Waals surface area (Å²) in [5.74, 6) is -1.47. The van der Waals surface area contributed by atoms with E-state index in [0.717, 1.165) is 0 Å². The Morgan fingerprint density at radius 2 is 1.26 bits per heavy atom. The summed E-state index contributed by atoms with van der Waals surface area (Å²) in [6.07, 6.45) is 0.874.